The van der Waals surface area contributed by atoms with Crippen LogP contribution in [0.5, 0.6) is 0 Å². The summed E-state index contributed by atoms with van der Waals surface area (Å²) in [5, 5.41) is 9.40. The van der Waals surface area contributed by atoms with Gasteiger partial charge in [-0.25, -0.2) is 4.98 Å². The van der Waals surface area contributed by atoms with E-state index in [2.05, 4.69) is 9.97 Å². The third-order valence-electron chi connectivity index (χ3n) is 4.32. The molecule has 116 valence electrons. The number of aliphatic hydroxyl groups excluding tert-OH is 1. The van der Waals surface area contributed by atoms with Crippen molar-refractivity contribution in [1.82, 2.24) is 14.9 Å². The van der Waals surface area contributed by atoms with Gasteiger partial charge in [0.2, 0.25) is 5.91 Å². The molecular weight excluding hydrogens is 270 g/mol. The number of H-pyrrole nitrogens is 1. The van der Waals surface area contributed by atoms with Crippen molar-refractivity contribution in [3.8, 4) is 0 Å². The first-order valence-corrected chi connectivity index (χ1v) is 7.40. The van der Waals surface area contributed by atoms with E-state index in [0.29, 0.717) is 36.0 Å². The van der Waals surface area contributed by atoms with Gasteiger partial charge < -0.3 is 15.0 Å². The lowest BCUT2D eigenvalue weighted by atomic mass is 10.0. The highest BCUT2D eigenvalue weighted by Gasteiger charge is 2.33. The second kappa shape index (κ2) is 6.39. The van der Waals surface area contributed by atoms with Crippen molar-refractivity contribution in [2.45, 2.75) is 46.1 Å². The van der Waals surface area contributed by atoms with E-state index in [1.54, 1.807) is 18.7 Å². The van der Waals surface area contributed by atoms with Crippen LogP contribution in [0.25, 0.3) is 0 Å². The predicted octanol–water partition coefficient (Wildman–Crippen LogP) is 0.549. The number of likely N-dealkylation sites (tertiary alicyclic amines) is 1. The van der Waals surface area contributed by atoms with Gasteiger partial charge in [-0.2, -0.15) is 0 Å². The first kappa shape index (κ1) is 15.7. The summed E-state index contributed by atoms with van der Waals surface area (Å²) < 4.78 is 0. The molecule has 21 heavy (non-hydrogen) atoms. The molecule has 1 saturated heterocycles. The van der Waals surface area contributed by atoms with Crippen LogP contribution in [0, 0.1) is 19.8 Å². The Morgan fingerprint density at radius 2 is 2.19 bits per heavy atom. The maximum Gasteiger partial charge on any atom is 0.254 e. The van der Waals surface area contributed by atoms with Gasteiger partial charge in [0.05, 0.1) is 12.6 Å². The Labute approximate surface area is 124 Å². The van der Waals surface area contributed by atoms with E-state index in [1.165, 1.54) is 0 Å². The van der Waals surface area contributed by atoms with Crippen molar-refractivity contribution < 1.29 is 9.90 Å². The molecule has 1 aliphatic rings. The number of rotatable bonds is 4. The summed E-state index contributed by atoms with van der Waals surface area (Å²) in [4.78, 5) is 32.9. The summed E-state index contributed by atoms with van der Waals surface area (Å²) in [6, 6.07) is -0.0898. The standard InChI is InChI=1S/C15H23N3O3/c1-9-6-7-18(13(9)8-19)14(20)5-4-12-10(2)16-11(3)17-15(12)21/h9,13,19H,4-8H2,1-3H3,(H,16,17,21). The lowest BCUT2D eigenvalue weighted by Crippen LogP contribution is -2.40. The summed E-state index contributed by atoms with van der Waals surface area (Å²) in [7, 11) is 0. The summed E-state index contributed by atoms with van der Waals surface area (Å²) in [5.74, 6) is 0.907. The number of amides is 1. The van der Waals surface area contributed by atoms with Gasteiger partial charge in [-0.1, -0.05) is 6.92 Å². The number of aryl methyl sites for hydroxylation is 2. The molecule has 0 aromatic carbocycles. The van der Waals surface area contributed by atoms with E-state index in [0.717, 1.165) is 6.42 Å². The number of carbonyl (C=O) groups excluding carboxylic acids is 1. The van der Waals surface area contributed by atoms with Gasteiger partial charge in [0.25, 0.3) is 5.56 Å². The lowest BCUT2D eigenvalue weighted by Gasteiger charge is -2.25. The molecule has 1 aliphatic heterocycles. The predicted molar refractivity (Wildman–Crippen MR) is 79.0 cm³/mol. The van der Waals surface area contributed by atoms with E-state index >= 15 is 0 Å². The highest BCUT2D eigenvalue weighted by Crippen LogP contribution is 2.24. The van der Waals surface area contributed by atoms with Crippen LogP contribution in [-0.4, -0.2) is 45.1 Å². The van der Waals surface area contributed by atoms with Gasteiger partial charge in [-0.15, -0.1) is 0 Å². The molecule has 1 aromatic heterocycles. The van der Waals surface area contributed by atoms with Crippen LogP contribution in [0.4, 0.5) is 0 Å². The molecule has 0 saturated carbocycles. The minimum Gasteiger partial charge on any atom is -0.394 e. The van der Waals surface area contributed by atoms with Crippen molar-refractivity contribution in [3.05, 3.63) is 27.4 Å². The number of aliphatic hydroxyl groups is 1. The van der Waals surface area contributed by atoms with Gasteiger partial charge >= 0.3 is 0 Å². The molecular formula is C15H23N3O3. The molecule has 1 aromatic rings. The number of aromatic nitrogens is 2. The van der Waals surface area contributed by atoms with Crippen LogP contribution in [-0.2, 0) is 11.2 Å². The Bertz CT molecular complexity index is 582. The van der Waals surface area contributed by atoms with E-state index < -0.39 is 0 Å². The largest absolute Gasteiger partial charge is 0.394 e. The zero-order chi connectivity index (χ0) is 15.6. The SMILES string of the molecule is Cc1nc(C)c(CCC(=O)N2CCC(C)C2CO)c(=O)[nH]1. The smallest absolute Gasteiger partial charge is 0.254 e. The first-order valence-electron chi connectivity index (χ1n) is 7.40. The topological polar surface area (TPSA) is 86.3 Å². The third-order valence-corrected chi connectivity index (χ3v) is 4.32. The van der Waals surface area contributed by atoms with Crippen LogP contribution in [0.2, 0.25) is 0 Å². The second-order valence-corrected chi connectivity index (χ2v) is 5.82. The fourth-order valence-electron chi connectivity index (χ4n) is 3.02. The lowest BCUT2D eigenvalue weighted by molar-refractivity contribution is -0.133. The van der Waals surface area contributed by atoms with E-state index in [4.69, 9.17) is 0 Å². The summed E-state index contributed by atoms with van der Waals surface area (Å²) >= 11 is 0. The average molecular weight is 293 g/mol. The molecule has 2 atom stereocenters. The average Bonchev–Trinajstić information content (AvgIpc) is 2.78. The van der Waals surface area contributed by atoms with Gasteiger partial charge in [0.15, 0.2) is 0 Å². The Morgan fingerprint density at radius 1 is 1.48 bits per heavy atom. The summed E-state index contributed by atoms with van der Waals surface area (Å²) in [6.45, 7) is 6.26. The first-order chi connectivity index (χ1) is 9.93. The normalized spacial score (nSPS) is 21.8. The van der Waals surface area contributed by atoms with Crippen molar-refractivity contribution in [2.24, 2.45) is 5.92 Å². The Hall–Kier alpha value is -1.69. The maximum absolute atomic E-state index is 12.3. The second-order valence-electron chi connectivity index (χ2n) is 5.82. The minimum absolute atomic E-state index is 0.00138. The molecule has 6 heteroatoms. The number of hydrogen-bond acceptors (Lipinski definition) is 4. The third kappa shape index (κ3) is 3.32. The van der Waals surface area contributed by atoms with Crippen molar-refractivity contribution in [2.75, 3.05) is 13.2 Å². The van der Waals surface area contributed by atoms with E-state index in [-0.39, 0.29) is 30.5 Å². The van der Waals surface area contributed by atoms with E-state index in [1.807, 2.05) is 6.92 Å². The number of aromatic amines is 1. The van der Waals surface area contributed by atoms with Crippen LogP contribution in [0.15, 0.2) is 4.79 Å². The molecule has 0 radical (unpaired) electrons. The summed E-state index contributed by atoms with van der Waals surface area (Å²) in [6.07, 6.45) is 1.58. The van der Waals surface area contributed by atoms with Gasteiger partial charge in [-0.3, -0.25) is 9.59 Å². The van der Waals surface area contributed by atoms with Gasteiger partial charge in [0.1, 0.15) is 5.82 Å². The van der Waals surface area contributed by atoms with Crippen LogP contribution < -0.4 is 5.56 Å². The molecule has 2 unspecified atom stereocenters. The Morgan fingerprint density at radius 3 is 2.81 bits per heavy atom. The molecule has 2 rings (SSSR count). The number of hydrogen-bond donors (Lipinski definition) is 2. The Kier molecular flexibility index (Phi) is 4.77. The zero-order valence-corrected chi connectivity index (χ0v) is 12.8. The van der Waals surface area contributed by atoms with Crippen LogP contribution >= 0.6 is 0 Å². The van der Waals surface area contributed by atoms with Crippen LogP contribution in [0.1, 0.15) is 36.8 Å². The molecule has 2 heterocycles. The van der Waals surface area contributed by atoms with Crippen molar-refractivity contribution >= 4 is 5.91 Å². The quantitative estimate of drug-likeness (QED) is 0.849. The molecule has 2 N–H and O–H groups in total. The molecule has 0 spiro atoms. The minimum atomic E-state index is -0.165. The van der Waals surface area contributed by atoms with Crippen molar-refractivity contribution in [3.63, 3.8) is 0 Å². The molecule has 0 aliphatic carbocycles. The Balaban J connectivity index is 2.04. The molecule has 1 fully saturated rings. The molecule has 0 bridgehead atoms. The zero-order valence-electron chi connectivity index (χ0n) is 12.8. The fraction of sp³-hybridized carbons (Fsp3) is 0.667. The number of nitrogens with zero attached hydrogens (tertiary/aromatic N) is 2. The maximum atomic E-state index is 12.3. The highest BCUT2D eigenvalue weighted by molar-refractivity contribution is 5.77. The van der Waals surface area contributed by atoms with Crippen molar-refractivity contribution in [1.29, 1.82) is 0 Å². The number of carbonyl (C=O) groups is 1. The highest BCUT2D eigenvalue weighted by atomic mass is 16.3. The van der Waals surface area contributed by atoms with Crippen LogP contribution in [0.3, 0.4) is 0 Å². The fourth-order valence-corrected chi connectivity index (χ4v) is 3.02. The molecule has 6 nitrogen and oxygen atoms in total. The summed E-state index contributed by atoms with van der Waals surface area (Å²) in [5.41, 5.74) is 1.08. The van der Waals surface area contributed by atoms with E-state index in [9.17, 15) is 14.7 Å². The molecule has 1 amide bonds. The van der Waals surface area contributed by atoms with Gasteiger partial charge in [0, 0.05) is 24.2 Å². The monoisotopic (exact) mass is 293 g/mol. The van der Waals surface area contributed by atoms with Gasteiger partial charge in [-0.05, 0) is 32.6 Å². The number of nitrogens with one attached hydrogen (secondary N) is 1.